The normalized spacial score (nSPS) is 15.8. The highest BCUT2D eigenvalue weighted by atomic mass is 31.1. The Morgan fingerprint density at radius 3 is 0.363 bits per heavy atom. The van der Waals surface area contributed by atoms with Crippen LogP contribution in [0.4, 0.5) is 263 Å². The van der Waals surface area contributed by atoms with Crippen LogP contribution in [-0.2, 0) is 0 Å². The first-order valence-electron chi connectivity index (χ1n) is 30.0. The highest BCUT2D eigenvalue weighted by molar-refractivity contribution is 7.76. The van der Waals surface area contributed by atoms with Crippen molar-refractivity contribution in [3.8, 4) is 23.0 Å². The van der Waals surface area contributed by atoms with E-state index in [4.69, 9.17) is 0 Å². The molecule has 0 heterocycles. The van der Waals surface area contributed by atoms with Crippen molar-refractivity contribution in [3.63, 3.8) is 0 Å². The summed E-state index contributed by atoms with van der Waals surface area (Å²) in [5.74, 6) is -209. The smallest absolute Gasteiger partial charge is 0.460 e. The average Bonchev–Trinajstić information content (AvgIpc) is 0.715. The van der Waals surface area contributed by atoms with Crippen molar-refractivity contribution in [2.45, 2.75) is 167 Å². The van der Waals surface area contributed by atoms with E-state index < -0.39 is 266 Å². The van der Waals surface area contributed by atoms with Crippen LogP contribution in [0.5, 0.6) is 23.0 Å². The Hall–Kier alpha value is -7.26. The first-order chi connectivity index (χ1) is 54.2. The molecule has 0 spiro atoms. The highest BCUT2D eigenvalue weighted by Crippen LogP contribution is 2.68. The lowest BCUT2D eigenvalue weighted by molar-refractivity contribution is -0.453. The van der Waals surface area contributed by atoms with E-state index in [1.165, 1.54) is 0 Å². The standard InChI is InChI=1S/C58H28F60O4P2/c59-31(60,35(67,68)39(75,76)43(83,84)47(91,92)51(99,100)55(107,108)109)19-119-23-1-9-27(10-2-23)123(28-11-3-24(4-12-28)120-20-32(61,62)36(69,70)40(77,78)44(85,86)48(93,94)52(101,102)56(110,111)112)17-18-124(29-13-5-25(6-14-29)121-21-33(63,64)37(71,72)41(79,80)45(87,88)49(95,96)53(103,104)57(113,114)115)30-15-7-26(8-16-30)122-22-34(65,66)38(73,74)42(81,82)46(89,90)50(97,98)54(105,106)58(116,117)118/h1-16H,17-22H2. The number of hydrogen-bond donors (Lipinski definition) is 0. The zero-order valence-electron chi connectivity index (χ0n) is 56.7. The molecular formula is C58H28F60O4P2. The summed E-state index contributed by atoms with van der Waals surface area (Å²) in [4.78, 5) is 0. The Balaban J connectivity index is 1.97. The first kappa shape index (κ1) is 109. The topological polar surface area (TPSA) is 36.9 Å². The predicted molar refractivity (Wildman–Crippen MR) is 293 cm³/mol. The van der Waals surface area contributed by atoms with E-state index in [1.807, 2.05) is 0 Å². The van der Waals surface area contributed by atoms with Gasteiger partial charge in [0.2, 0.25) is 0 Å². The van der Waals surface area contributed by atoms with E-state index >= 15 is 0 Å². The van der Waals surface area contributed by atoms with Gasteiger partial charge in [-0.1, -0.05) is 48.5 Å². The van der Waals surface area contributed by atoms with E-state index in [0.717, 1.165) is 0 Å². The minimum absolute atomic E-state index is 0.0323. The Bertz CT molecular complexity index is 3730. The second kappa shape index (κ2) is 32.4. The van der Waals surface area contributed by atoms with Gasteiger partial charge in [0.15, 0.2) is 26.4 Å². The summed E-state index contributed by atoms with van der Waals surface area (Å²) in [7, 11) is -6.10. The predicted octanol–water partition coefficient (Wildman–Crippen LogP) is 24.3. The lowest BCUT2D eigenvalue weighted by Crippen LogP contribution is -2.73. The SMILES string of the molecule is FC(F)(F)C(F)(F)C(F)(F)C(F)(F)C(F)(F)C(F)(F)C(F)(F)COc1ccc(P(CCP(c2ccc(OCC(F)(F)C(F)(F)C(F)(F)C(F)(F)C(F)(F)C(F)(F)C(F)(F)F)cc2)c2ccc(OCC(F)(F)C(F)(F)C(F)(F)C(F)(F)C(F)(F)C(F)(F)C(F)(F)F)cc2)c2ccc(OCC(F)(F)C(F)(F)C(F)(F)C(F)(F)C(F)(F)C(F)(F)C(F)(F)F)cc2)cc1. The maximum Gasteiger partial charge on any atom is 0.460 e. The van der Waals surface area contributed by atoms with Crippen molar-refractivity contribution in [2.24, 2.45) is 0 Å². The van der Waals surface area contributed by atoms with Crippen LogP contribution < -0.4 is 40.2 Å². The van der Waals surface area contributed by atoms with E-state index in [9.17, 15) is 263 Å². The molecule has 0 fully saturated rings. The van der Waals surface area contributed by atoms with Crippen LogP contribution in [0, 0.1) is 0 Å². The van der Waals surface area contributed by atoms with Gasteiger partial charge in [-0.05, 0) is 97.9 Å². The van der Waals surface area contributed by atoms with Crippen molar-refractivity contribution in [1.82, 2.24) is 0 Å². The summed E-state index contributed by atoms with van der Waals surface area (Å²) in [5, 5.41) is -2.96. The summed E-state index contributed by atoms with van der Waals surface area (Å²) in [6.45, 7) is -14.6. The van der Waals surface area contributed by atoms with Crippen LogP contribution in [-0.4, -0.2) is 206 Å². The number of benzene rings is 4. The number of ether oxygens (including phenoxy) is 4. The van der Waals surface area contributed by atoms with Crippen LogP contribution in [0.15, 0.2) is 97.1 Å². The van der Waals surface area contributed by atoms with Crippen molar-refractivity contribution >= 4 is 37.1 Å². The fraction of sp³-hybridized carbons (Fsp3) is 0.586. The molecule has 0 saturated heterocycles. The summed E-state index contributed by atoms with van der Waals surface area (Å²) < 4.78 is 850. The van der Waals surface area contributed by atoms with Crippen LogP contribution >= 0.6 is 15.8 Å². The third-order valence-electron chi connectivity index (χ3n) is 16.4. The summed E-state index contributed by atoms with van der Waals surface area (Å²) in [6, 6.07) is 2.57. The molecule has 0 N–H and O–H groups in total. The molecule has 0 amide bonds. The lowest BCUT2D eigenvalue weighted by Gasteiger charge is -2.41. The van der Waals surface area contributed by atoms with Gasteiger partial charge in [0, 0.05) is 0 Å². The Morgan fingerprint density at radius 1 is 0.145 bits per heavy atom. The molecule has 0 atom stereocenters. The molecule has 124 heavy (non-hydrogen) atoms. The van der Waals surface area contributed by atoms with Crippen LogP contribution in [0.3, 0.4) is 0 Å². The quantitative estimate of drug-likeness (QED) is 0.0330. The molecule has 714 valence electrons. The Kier molecular flexibility index (Phi) is 28.5. The van der Waals surface area contributed by atoms with Gasteiger partial charge in [-0.25, -0.2) is 0 Å². The highest BCUT2D eigenvalue weighted by Gasteiger charge is 2.98. The third kappa shape index (κ3) is 17.2. The largest absolute Gasteiger partial charge is 0.487 e. The van der Waals surface area contributed by atoms with E-state index in [0.29, 0.717) is 0 Å². The minimum atomic E-state index is -8.90. The van der Waals surface area contributed by atoms with Crippen molar-refractivity contribution in [1.29, 1.82) is 0 Å². The molecule has 0 bridgehead atoms. The molecule has 4 nitrogen and oxygen atoms in total. The van der Waals surface area contributed by atoms with Crippen LogP contribution in [0.1, 0.15) is 0 Å². The maximum absolute atomic E-state index is 14.8. The molecule has 0 aliphatic rings. The fourth-order valence-electron chi connectivity index (χ4n) is 8.96. The van der Waals surface area contributed by atoms with Gasteiger partial charge in [0.1, 0.15) is 23.0 Å². The zero-order chi connectivity index (χ0) is 98.2. The second-order valence-electron chi connectivity index (χ2n) is 24.7. The third-order valence-corrected chi connectivity index (χ3v) is 21.8. The molecule has 4 rings (SSSR count). The minimum Gasteiger partial charge on any atom is -0.487 e. The maximum atomic E-state index is 14.8. The van der Waals surface area contributed by atoms with Crippen molar-refractivity contribution in [3.05, 3.63) is 97.1 Å². The van der Waals surface area contributed by atoms with Crippen LogP contribution in [0.2, 0.25) is 0 Å². The number of hydrogen-bond acceptors (Lipinski definition) is 4. The van der Waals surface area contributed by atoms with Gasteiger partial charge in [0.05, 0.1) is 0 Å². The Morgan fingerprint density at radius 2 is 0.250 bits per heavy atom. The molecule has 0 unspecified atom stereocenters. The summed E-state index contributed by atoms with van der Waals surface area (Å²) in [5.41, 5.74) is 0. The summed E-state index contributed by atoms with van der Waals surface area (Å²) >= 11 is 0. The molecule has 4 aromatic carbocycles. The first-order valence-corrected chi connectivity index (χ1v) is 33.1. The molecule has 4 aromatic rings. The second-order valence-corrected chi connectivity index (χ2v) is 29.4. The van der Waals surface area contributed by atoms with E-state index in [1.54, 1.807) is 0 Å². The fourth-order valence-corrected chi connectivity index (χ4v) is 14.2. The monoisotopic (exact) mass is 1990 g/mol. The summed E-state index contributed by atoms with van der Waals surface area (Å²) in [6.07, 6.45) is -34.6. The molecule has 66 heteroatoms. The van der Waals surface area contributed by atoms with E-state index in [2.05, 4.69) is 18.9 Å². The van der Waals surface area contributed by atoms with Gasteiger partial charge in [0.25, 0.3) is 0 Å². The zero-order valence-corrected chi connectivity index (χ0v) is 58.5. The molecule has 0 aliphatic heterocycles. The Labute approximate surface area is 644 Å². The molecular weight excluding hydrogens is 1960 g/mol. The van der Waals surface area contributed by atoms with E-state index in [-0.39, 0.29) is 97.1 Å². The molecule has 0 aromatic heterocycles. The number of rotatable bonds is 39. The van der Waals surface area contributed by atoms with Gasteiger partial charge in [-0.15, -0.1) is 0 Å². The van der Waals surface area contributed by atoms with Gasteiger partial charge in [-0.2, -0.15) is 263 Å². The number of halogens is 60. The molecule has 0 radical (unpaired) electrons. The molecule has 0 aliphatic carbocycles. The lowest BCUT2D eigenvalue weighted by atomic mass is 9.91. The average molecular weight is 1990 g/mol. The van der Waals surface area contributed by atoms with Crippen molar-refractivity contribution in [2.75, 3.05) is 38.8 Å². The van der Waals surface area contributed by atoms with Crippen molar-refractivity contribution < 1.29 is 282 Å². The number of alkyl halides is 60. The van der Waals surface area contributed by atoms with Crippen LogP contribution in [0.25, 0.3) is 0 Å². The van der Waals surface area contributed by atoms with Gasteiger partial charge in [-0.3, -0.25) is 0 Å². The molecule has 0 saturated carbocycles. The van der Waals surface area contributed by atoms with Gasteiger partial charge >= 0.3 is 167 Å². The van der Waals surface area contributed by atoms with Gasteiger partial charge < -0.3 is 18.9 Å².